The number of piperidine rings is 1. The van der Waals surface area contributed by atoms with Gasteiger partial charge in [0.15, 0.2) is 5.96 Å². The molecule has 0 aromatic heterocycles. The van der Waals surface area contributed by atoms with Crippen LogP contribution in [-0.4, -0.2) is 42.9 Å². The third kappa shape index (κ3) is 7.15. The molecule has 0 aromatic rings. The molecule has 0 atom stereocenters. The number of amides is 1. The van der Waals surface area contributed by atoms with Crippen molar-refractivity contribution in [3.8, 4) is 0 Å². The summed E-state index contributed by atoms with van der Waals surface area (Å²) in [6.07, 6.45) is 10.7. The molecule has 5 nitrogen and oxygen atoms in total. The number of guanidine groups is 1. The molecule has 3 N–H and O–H groups in total. The number of nitrogens with one attached hydrogen (secondary N) is 1. The minimum Gasteiger partial charge on any atom is -0.370 e. The van der Waals surface area contributed by atoms with Crippen LogP contribution in [0.4, 0.5) is 0 Å². The van der Waals surface area contributed by atoms with Crippen LogP contribution >= 0.6 is 24.0 Å². The van der Waals surface area contributed by atoms with Gasteiger partial charge in [-0.1, -0.05) is 19.3 Å². The molecule has 128 valence electrons. The molecular formula is C16H31IN4O. The molecule has 0 aromatic carbocycles. The maximum atomic E-state index is 11.9. The Hall–Kier alpha value is -0.530. The first-order chi connectivity index (χ1) is 10.3. The maximum Gasteiger partial charge on any atom is 0.220 e. The van der Waals surface area contributed by atoms with Crippen molar-refractivity contribution in [2.75, 3.05) is 26.2 Å². The van der Waals surface area contributed by atoms with E-state index in [0.29, 0.717) is 31.4 Å². The molecule has 0 bridgehead atoms. The SMILES string of the molecule is I.NC(=NCCNC(=O)CC1CCCCC1)N1CCCCC1. The highest BCUT2D eigenvalue weighted by atomic mass is 127. The zero-order chi connectivity index (χ0) is 14.9. The Kier molecular flexibility index (Phi) is 9.82. The predicted octanol–water partition coefficient (Wildman–Crippen LogP) is 2.49. The van der Waals surface area contributed by atoms with Gasteiger partial charge in [-0.05, 0) is 38.0 Å². The van der Waals surface area contributed by atoms with Crippen LogP contribution in [0, 0.1) is 5.92 Å². The van der Waals surface area contributed by atoms with E-state index in [0.717, 1.165) is 13.1 Å². The van der Waals surface area contributed by atoms with Crippen LogP contribution in [0.5, 0.6) is 0 Å². The quantitative estimate of drug-likeness (QED) is 0.310. The van der Waals surface area contributed by atoms with Crippen molar-refractivity contribution in [1.82, 2.24) is 10.2 Å². The summed E-state index contributed by atoms with van der Waals surface area (Å²) in [6, 6.07) is 0. The Bertz CT molecular complexity index is 350. The number of nitrogens with two attached hydrogens (primary N) is 1. The van der Waals surface area contributed by atoms with Gasteiger partial charge in [0.05, 0.1) is 6.54 Å². The molecule has 1 aliphatic heterocycles. The molecule has 2 aliphatic rings. The fourth-order valence-electron chi connectivity index (χ4n) is 3.31. The maximum absolute atomic E-state index is 11.9. The van der Waals surface area contributed by atoms with Crippen molar-refractivity contribution in [1.29, 1.82) is 0 Å². The Morgan fingerprint density at radius 1 is 1.09 bits per heavy atom. The summed E-state index contributed by atoms with van der Waals surface area (Å²) in [5, 5.41) is 2.97. The van der Waals surface area contributed by atoms with Crippen molar-refractivity contribution in [3.05, 3.63) is 0 Å². The van der Waals surface area contributed by atoms with Gasteiger partial charge in [-0.3, -0.25) is 9.79 Å². The summed E-state index contributed by atoms with van der Waals surface area (Å²) < 4.78 is 0. The van der Waals surface area contributed by atoms with Gasteiger partial charge in [-0.2, -0.15) is 0 Å². The second-order valence-corrected chi connectivity index (χ2v) is 6.35. The summed E-state index contributed by atoms with van der Waals surface area (Å²) in [4.78, 5) is 18.4. The largest absolute Gasteiger partial charge is 0.370 e. The standard InChI is InChI=1S/C16H30N4O.HI/c17-16(20-11-5-2-6-12-20)19-10-9-18-15(21)13-14-7-3-1-4-8-14;/h14H,1-13H2,(H2,17,19)(H,18,21);1H. The third-order valence-electron chi connectivity index (χ3n) is 4.59. The molecule has 1 saturated carbocycles. The second-order valence-electron chi connectivity index (χ2n) is 6.35. The van der Waals surface area contributed by atoms with Gasteiger partial charge < -0.3 is 16.0 Å². The van der Waals surface area contributed by atoms with E-state index < -0.39 is 0 Å². The van der Waals surface area contributed by atoms with Crippen LogP contribution in [-0.2, 0) is 4.79 Å². The first-order valence-electron chi connectivity index (χ1n) is 8.57. The topological polar surface area (TPSA) is 70.7 Å². The van der Waals surface area contributed by atoms with Crippen molar-refractivity contribution in [2.45, 2.75) is 57.8 Å². The number of aliphatic imine (C=N–C) groups is 1. The fourth-order valence-corrected chi connectivity index (χ4v) is 3.31. The molecule has 0 radical (unpaired) electrons. The molecule has 1 aliphatic carbocycles. The molecule has 6 heteroatoms. The number of likely N-dealkylation sites (tertiary alicyclic amines) is 1. The summed E-state index contributed by atoms with van der Waals surface area (Å²) in [6.45, 7) is 3.21. The average molecular weight is 422 g/mol. The lowest BCUT2D eigenvalue weighted by Crippen LogP contribution is -2.41. The van der Waals surface area contributed by atoms with E-state index in [-0.39, 0.29) is 29.9 Å². The predicted molar refractivity (Wildman–Crippen MR) is 102 cm³/mol. The van der Waals surface area contributed by atoms with E-state index in [2.05, 4.69) is 15.2 Å². The highest BCUT2D eigenvalue weighted by molar-refractivity contribution is 14.0. The Morgan fingerprint density at radius 3 is 2.41 bits per heavy atom. The van der Waals surface area contributed by atoms with Gasteiger partial charge in [0.2, 0.25) is 5.91 Å². The number of nitrogens with zero attached hydrogens (tertiary/aromatic N) is 2. The second kappa shape index (κ2) is 11.1. The third-order valence-corrected chi connectivity index (χ3v) is 4.59. The molecule has 22 heavy (non-hydrogen) atoms. The summed E-state index contributed by atoms with van der Waals surface area (Å²) in [7, 11) is 0. The van der Waals surface area contributed by atoms with E-state index in [1.165, 1.54) is 51.4 Å². The van der Waals surface area contributed by atoms with E-state index in [1.54, 1.807) is 0 Å². The molecule has 1 saturated heterocycles. The molecule has 0 unspecified atom stereocenters. The van der Waals surface area contributed by atoms with E-state index in [1.807, 2.05) is 0 Å². The number of hydrogen-bond acceptors (Lipinski definition) is 2. The number of carbonyl (C=O) groups excluding carboxylic acids is 1. The molecule has 2 fully saturated rings. The lowest BCUT2D eigenvalue weighted by Gasteiger charge is -2.27. The van der Waals surface area contributed by atoms with Crippen LogP contribution in [0.25, 0.3) is 0 Å². The Balaban J connectivity index is 0.00000242. The van der Waals surface area contributed by atoms with E-state index in [9.17, 15) is 4.79 Å². The average Bonchev–Trinajstić information content (AvgIpc) is 2.53. The van der Waals surface area contributed by atoms with E-state index in [4.69, 9.17) is 5.73 Å². The van der Waals surface area contributed by atoms with Gasteiger partial charge in [-0.25, -0.2) is 0 Å². The minimum absolute atomic E-state index is 0. The van der Waals surface area contributed by atoms with Crippen molar-refractivity contribution in [2.24, 2.45) is 16.6 Å². The Morgan fingerprint density at radius 2 is 1.73 bits per heavy atom. The van der Waals surface area contributed by atoms with Crippen LogP contribution in [0.3, 0.4) is 0 Å². The van der Waals surface area contributed by atoms with Gasteiger partial charge in [0.1, 0.15) is 0 Å². The van der Waals surface area contributed by atoms with Crippen LogP contribution in [0.15, 0.2) is 4.99 Å². The molecule has 1 heterocycles. The molecule has 2 rings (SSSR count). The Labute approximate surface area is 151 Å². The smallest absolute Gasteiger partial charge is 0.220 e. The summed E-state index contributed by atoms with van der Waals surface area (Å²) in [5.74, 6) is 1.41. The molecule has 1 amide bonds. The highest BCUT2D eigenvalue weighted by Crippen LogP contribution is 2.25. The highest BCUT2D eigenvalue weighted by Gasteiger charge is 2.16. The summed E-state index contributed by atoms with van der Waals surface area (Å²) >= 11 is 0. The zero-order valence-electron chi connectivity index (χ0n) is 13.6. The van der Waals surface area contributed by atoms with Gasteiger partial charge in [0, 0.05) is 26.1 Å². The van der Waals surface area contributed by atoms with Gasteiger partial charge in [-0.15, -0.1) is 24.0 Å². The first kappa shape index (κ1) is 19.5. The lowest BCUT2D eigenvalue weighted by atomic mass is 9.87. The fraction of sp³-hybridized carbons (Fsp3) is 0.875. The normalized spacial score (nSPS) is 20.4. The van der Waals surface area contributed by atoms with Crippen LogP contribution in [0.1, 0.15) is 57.8 Å². The van der Waals surface area contributed by atoms with Gasteiger partial charge in [0.25, 0.3) is 0 Å². The number of carbonyl (C=O) groups is 1. The van der Waals surface area contributed by atoms with Crippen molar-refractivity contribution < 1.29 is 4.79 Å². The van der Waals surface area contributed by atoms with Crippen LogP contribution < -0.4 is 11.1 Å². The minimum atomic E-state index is 0. The van der Waals surface area contributed by atoms with Gasteiger partial charge >= 0.3 is 0 Å². The molecule has 0 spiro atoms. The zero-order valence-corrected chi connectivity index (χ0v) is 15.9. The van der Waals surface area contributed by atoms with Crippen LogP contribution in [0.2, 0.25) is 0 Å². The van der Waals surface area contributed by atoms with Crippen molar-refractivity contribution in [3.63, 3.8) is 0 Å². The lowest BCUT2D eigenvalue weighted by molar-refractivity contribution is -0.122. The first-order valence-corrected chi connectivity index (χ1v) is 8.57. The van der Waals surface area contributed by atoms with Crippen molar-refractivity contribution >= 4 is 35.8 Å². The molecular weight excluding hydrogens is 391 g/mol. The number of halogens is 1. The monoisotopic (exact) mass is 422 g/mol. The van der Waals surface area contributed by atoms with E-state index >= 15 is 0 Å². The summed E-state index contributed by atoms with van der Waals surface area (Å²) in [5.41, 5.74) is 5.98. The number of hydrogen-bond donors (Lipinski definition) is 2. The number of rotatable bonds is 5.